The molecule has 0 heterocycles. The van der Waals surface area contributed by atoms with Gasteiger partial charge in [-0.05, 0) is 37.0 Å². The second-order valence-corrected chi connectivity index (χ2v) is 4.81. The van der Waals surface area contributed by atoms with Crippen LogP contribution in [0.3, 0.4) is 0 Å². The highest BCUT2D eigenvalue weighted by atomic mass is 15.0. The van der Waals surface area contributed by atoms with Crippen molar-refractivity contribution in [2.24, 2.45) is 23.0 Å². The van der Waals surface area contributed by atoms with Crippen molar-refractivity contribution in [1.29, 1.82) is 0 Å². The number of nitrogens with two attached hydrogens (primary N) is 1. The molecule has 1 heteroatoms. The van der Waals surface area contributed by atoms with Gasteiger partial charge in [0.25, 0.3) is 0 Å². The van der Waals surface area contributed by atoms with Crippen LogP contribution in [0.5, 0.6) is 0 Å². The molecule has 2 saturated carbocycles. The molecule has 0 aromatic heterocycles. The fraction of sp³-hybridized carbons (Fsp3) is 1.00. The van der Waals surface area contributed by atoms with Crippen LogP contribution in [0.1, 0.15) is 33.6 Å². The van der Waals surface area contributed by atoms with Gasteiger partial charge in [-0.25, -0.2) is 0 Å². The summed E-state index contributed by atoms with van der Waals surface area (Å²) >= 11 is 0. The Bertz CT molecular complexity index is 172. The largest absolute Gasteiger partial charge is 0.325 e. The molecule has 2 aliphatic rings. The van der Waals surface area contributed by atoms with E-state index in [4.69, 9.17) is 5.73 Å². The van der Waals surface area contributed by atoms with E-state index in [0.717, 1.165) is 11.8 Å². The summed E-state index contributed by atoms with van der Waals surface area (Å²) in [6, 6.07) is 0. The maximum absolute atomic E-state index is 6.03. The Balaban J connectivity index is 2.04. The predicted octanol–water partition coefficient (Wildman–Crippen LogP) is 1.77. The van der Waals surface area contributed by atoms with Crippen LogP contribution in [-0.4, -0.2) is 5.54 Å². The summed E-state index contributed by atoms with van der Waals surface area (Å²) in [5.41, 5.74) is 6.86. The van der Waals surface area contributed by atoms with Crippen molar-refractivity contribution in [2.75, 3.05) is 0 Å². The lowest BCUT2D eigenvalue weighted by molar-refractivity contribution is 0.480. The van der Waals surface area contributed by atoms with Gasteiger partial charge >= 0.3 is 0 Å². The minimum absolute atomic E-state index is 0.210. The SMILES string of the molecule is CC(C)C1CC12CC2(C)N. The van der Waals surface area contributed by atoms with Crippen LogP contribution in [0.25, 0.3) is 0 Å². The third-order valence-electron chi connectivity index (χ3n) is 3.63. The highest BCUT2D eigenvalue weighted by Gasteiger charge is 2.76. The predicted molar refractivity (Wildman–Crippen MR) is 42.6 cm³/mol. The fourth-order valence-electron chi connectivity index (χ4n) is 2.68. The zero-order valence-corrected chi connectivity index (χ0v) is 7.15. The molecule has 2 rings (SSSR count). The highest BCUT2D eigenvalue weighted by Crippen LogP contribution is 2.77. The molecule has 1 spiro atoms. The highest BCUT2D eigenvalue weighted by molar-refractivity contribution is 5.29. The molecule has 1 nitrogen and oxygen atoms in total. The van der Waals surface area contributed by atoms with Gasteiger partial charge in [0.1, 0.15) is 0 Å². The first-order chi connectivity index (χ1) is 4.50. The molecule has 0 amide bonds. The lowest BCUT2D eigenvalue weighted by Gasteiger charge is -2.04. The Kier molecular flexibility index (Phi) is 0.949. The van der Waals surface area contributed by atoms with Gasteiger partial charge in [-0.15, -0.1) is 0 Å². The van der Waals surface area contributed by atoms with E-state index in [1.165, 1.54) is 12.8 Å². The molecular formula is C9H17N. The van der Waals surface area contributed by atoms with Crippen LogP contribution in [0.15, 0.2) is 0 Å². The molecular weight excluding hydrogens is 122 g/mol. The van der Waals surface area contributed by atoms with Crippen molar-refractivity contribution in [3.8, 4) is 0 Å². The van der Waals surface area contributed by atoms with E-state index in [0.29, 0.717) is 5.41 Å². The zero-order chi connectivity index (χ0) is 7.57. The monoisotopic (exact) mass is 139 g/mol. The van der Waals surface area contributed by atoms with Gasteiger partial charge < -0.3 is 5.73 Å². The first kappa shape index (κ1) is 6.66. The van der Waals surface area contributed by atoms with Crippen LogP contribution in [0.2, 0.25) is 0 Å². The quantitative estimate of drug-likeness (QED) is 0.588. The molecule has 0 saturated heterocycles. The minimum atomic E-state index is 0.210. The molecule has 2 N–H and O–H groups in total. The summed E-state index contributed by atoms with van der Waals surface area (Å²) in [7, 11) is 0. The van der Waals surface area contributed by atoms with E-state index in [1.54, 1.807) is 0 Å². The summed E-state index contributed by atoms with van der Waals surface area (Å²) in [4.78, 5) is 0. The number of hydrogen-bond donors (Lipinski definition) is 1. The van der Waals surface area contributed by atoms with Crippen molar-refractivity contribution in [3.05, 3.63) is 0 Å². The minimum Gasteiger partial charge on any atom is -0.325 e. The van der Waals surface area contributed by atoms with Gasteiger partial charge in [0.15, 0.2) is 0 Å². The molecule has 2 aliphatic carbocycles. The summed E-state index contributed by atoms with van der Waals surface area (Å²) < 4.78 is 0. The Morgan fingerprint density at radius 1 is 1.50 bits per heavy atom. The van der Waals surface area contributed by atoms with E-state index in [-0.39, 0.29) is 5.54 Å². The van der Waals surface area contributed by atoms with Crippen molar-refractivity contribution in [2.45, 2.75) is 39.2 Å². The Hall–Kier alpha value is -0.0400. The molecule has 2 fully saturated rings. The second-order valence-electron chi connectivity index (χ2n) is 4.81. The van der Waals surface area contributed by atoms with E-state index < -0.39 is 0 Å². The summed E-state index contributed by atoms with van der Waals surface area (Å²) in [6.45, 7) is 6.83. The fourth-order valence-corrected chi connectivity index (χ4v) is 2.68. The number of rotatable bonds is 1. The topological polar surface area (TPSA) is 26.0 Å². The van der Waals surface area contributed by atoms with Crippen molar-refractivity contribution in [3.63, 3.8) is 0 Å². The Morgan fingerprint density at radius 2 is 2.00 bits per heavy atom. The normalized spacial score (nSPS) is 57.9. The van der Waals surface area contributed by atoms with E-state index in [9.17, 15) is 0 Å². The van der Waals surface area contributed by atoms with Crippen molar-refractivity contribution < 1.29 is 0 Å². The smallest absolute Gasteiger partial charge is 0.0192 e. The third-order valence-corrected chi connectivity index (χ3v) is 3.63. The van der Waals surface area contributed by atoms with Crippen LogP contribution in [-0.2, 0) is 0 Å². The van der Waals surface area contributed by atoms with Gasteiger partial charge in [0.2, 0.25) is 0 Å². The molecule has 3 atom stereocenters. The van der Waals surface area contributed by atoms with Gasteiger partial charge in [-0.1, -0.05) is 13.8 Å². The third kappa shape index (κ3) is 0.572. The molecule has 3 unspecified atom stereocenters. The summed E-state index contributed by atoms with van der Waals surface area (Å²) in [5, 5.41) is 0. The number of hydrogen-bond acceptors (Lipinski definition) is 1. The first-order valence-electron chi connectivity index (χ1n) is 4.28. The molecule has 10 heavy (non-hydrogen) atoms. The standard InChI is InChI=1S/C9H17N/c1-6(2)7-4-9(7)5-8(9,3)10/h6-7H,4-5,10H2,1-3H3. The Morgan fingerprint density at radius 3 is 2.10 bits per heavy atom. The van der Waals surface area contributed by atoms with Gasteiger partial charge in [0.05, 0.1) is 0 Å². The van der Waals surface area contributed by atoms with Crippen LogP contribution in [0, 0.1) is 17.3 Å². The van der Waals surface area contributed by atoms with Crippen molar-refractivity contribution in [1.82, 2.24) is 0 Å². The average molecular weight is 139 g/mol. The van der Waals surface area contributed by atoms with Crippen LogP contribution >= 0.6 is 0 Å². The Labute approximate surface area is 63.0 Å². The molecule has 58 valence electrons. The van der Waals surface area contributed by atoms with Crippen LogP contribution < -0.4 is 5.73 Å². The molecule has 0 aromatic carbocycles. The van der Waals surface area contributed by atoms with Crippen molar-refractivity contribution >= 4 is 0 Å². The lowest BCUT2D eigenvalue weighted by atomic mass is 10.0. The van der Waals surface area contributed by atoms with Gasteiger partial charge in [-0.2, -0.15) is 0 Å². The lowest BCUT2D eigenvalue weighted by Crippen LogP contribution is -2.21. The zero-order valence-electron chi connectivity index (χ0n) is 7.15. The molecule has 0 bridgehead atoms. The maximum atomic E-state index is 6.03. The molecule has 0 radical (unpaired) electrons. The van der Waals surface area contributed by atoms with E-state index >= 15 is 0 Å². The van der Waals surface area contributed by atoms with E-state index in [1.807, 2.05) is 0 Å². The van der Waals surface area contributed by atoms with Crippen LogP contribution in [0.4, 0.5) is 0 Å². The summed E-state index contributed by atoms with van der Waals surface area (Å²) in [5.74, 6) is 1.80. The average Bonchev–Trinajstić information content (AvgIpc) is 2.51. The molecule has 0 aliphatic heterocycles. The summed E-state index contributed by atoms with van der Waals surface area (Å²) in [6.07, 6.45) is 2.68. The van der Waals surface area contributed by atoms with Gasteiger partial charge in [0, 0.05) is 5.54 Å². The maximum Gasteiger partial charge on any atom is 0.0192 e. The molecule has 0 aromatic rings. The van der Waals surface area contributed by atoms with E-state index in [2.05, 4.69) is 20.8 Å². The second kappa shape index (κ2) is 1.42. The first-order valence-corrected chi connectivity index (χ1v) is 4.28. The van der Waals surface area contributed by atoms with Gasteiger partial charge in [-0.3, -0.25) is 0 Å².